The van der Waals surface area contributed by atoms with Crippen LogP contribution >= 0.6 is 0 Å². The van der Waals surface area contributed by atoms with Gasteiger partial charge in [-0.25, -0.2) is 4.98 Å². The smallest absolute Gasteiger partial charge is 0.224 e. The van der Waals surface area contributed by atoms with Crippen molar-refractivity contribution in [2.75, 3.05) is 56.7 Å². The minimum atomic E-state index is 0.561. The first kappa shape index (κ1) is 17.4. The first-order valence-corrected chi connectivity index (χ1v) is 9.41. The van der Waals surface area contributed by atoms with Gasteiger partial charge in [-0.15, -0.1) is 0 Å². The molecule has 1 aromatic heterocycles. The molecule has 2 aliphatic heterocycles. The molecule has 0 radical (unpaired) electrons. The van der Waals surface area contributed by atoms with Crippen LogP contribution in [-0.4, -0.2) is 67.4 Å². The molecule has 0 saturated carbocycles. The maximum absolute atomic E-state index is 5.22. The molecule has 134 valence electrons. The number of ether oxygens (including phenoxy) is 1. The zero-order valence-electron chi connectivity index (χ0n) is 14.9. The topological polar surface area (TPSA) is 53.5 Å². The summed E-state index contributed by atoms with van der Waals surface area (Å²) in [6, 6.07) is 2.60. The highest BCUT2D eigenvalue weighted by molar-refractivity contribution is 5.42. The number of likely N-dealkylation sites (tertiary alicyclic amines) is 1. The second-order valence-corrected chi connectivity index (χ2v) is 6.85. The van der Waals surface area contributed by atoms with Gasteiger partial charge in [-0.05, 0) is 38.3 Å². The Morgan fingerprint density at radius 1 is 1.17 bits per heavy atom. The fraction of sp³-hybridized carbons (Fsp3) is 0.778. The van der Waals surface area contributed by atoms with Crippen molar-refractivity contribution in [3.05, 3.63) is 12.3 Å². The van der Waals surface area contributed by atoms with E-state index in [1.54, 1.807) is 7.11 Å². The van der Waals surface area contributed by atoms with Crippen LogP contribution in [0.2, 0.25) is 0 Å². The molecule has 2 saturated heterocycles. The number of methoxy groups -OCH3 is 1. The van der Waals surface area contributed by atoms with Gasteiger partial charge in [0.15, 0.2) is 0 Å². The molecule has 1 atom stereocenters. The van der Waals surface area contributed by atoms with Crippen molar-refractivity contribution in [3.8, 4) is 0 Å². The Labute approximate surface area is 145 Å². The second kappa shape index (κ2) is 9.18. The molecule has 3 heterocycles. The van der Waals surface area contributed by atoms with E-state index in [0.29, 0.717) is 6.04 Å². The molecule has 6 nitrogen and oxygen atoms in total. The number of anilines is 2. The highest BCUT2D eigenvalue weighted by Gasteiger charge is 2.24. The summed E-state index contributed by atoms with van der Waals surface area (Å²) in [5.41, 5.74) is 0. The number of hydrogen-bond donors (Lipinski definition) is 1. The molecule has 6 heteroatoms. The molecule has 24 heavy (non-hydrogen) atoms. The van der Waals surface area contributed by atoms with Crippen LogP contribution < -0.4 is 10.2 Å². The highest BCUT2D eigenvalue weighted by Crippen LogP contribution is 2.19. The normalized spacial score (nSPS) is 22.5. The lowest BCUT2D eigenvalue weighted by Gasteiger charge is -2.25. The number of nitrogens with one attached hydrogen (secondary N) is 1. The Kier molecular flexibility index (Phi) is 6.66. The van der Waals surface area contributed by atoms with Crippen molar-refractivity contribution in [2.45, 2.75) is 44.6 Å². The maximum Gasteiger partial charge on any atom is 0.224 e. The van der Waals surface area contributed by atoms with Crippen LogP contribution in [0.3, 0.4) is 0 Å². The molecule has 1 aromatic rings. The third-order valence-corrected chi connectivity index (χ3v) is 5.15. The van der Waals surface area contributed by atoms with Gasteiger partial charge in [0.2, 0.25) is 5.95 Å². The second-order valence-electron chi connectivity index (χ2n) is 6.85. The lowest BCUT2D eigenvalue weighted by Crippen LogP contribution is -2.37. The SMILES string of the molecule is COCCN1CCCC1CNc1nccc(N2CCCCCC2)n1. The zero-order valence-corrected chi connectivity index (χ0v) is 14.9. The molecule has 1 N–H and O–H groups in total. The molecular weight excluding hydrogens is 302 g/mol. The van der Waals surface area contributed by atoms with Crippen LogP contribution in [0.25, 0.3) is 0 Å². The fourth-order valence-corrected chi connectivity index (χ4v) is 3.75. The Morgan fingerprint density at radius 2 is 2.00 bits per heavy atom. The van der Waals surface area contributed by atoms with Gasteiger partial charge in [0.1, 0.15) is 5.82 Å². The lowest BCUT2D eigenvalue weighted by atomic mass is 10.2. The van der Waals surface area contributed by atoms with Crippen LogP contribution in [0.15, 0.2) is 12.3 Å². The molecule has 1 unspecified atom stereocenters. The van der Waals surface area contributed by atoms with Crippen molar-refractivity contribution < 1.29 is 4.74 Å². The van der Waals surface area contributed by atoms with Crippen LogP contribution in [0.1, 0.15) is 38.5 Å². The van der Waals surface area contributed by atoms with E-state index in [0.717, 1.165) is 44.6 Å². The summed E-state index contributed by atoms with van der Waals surface area (Å²) in [5.74, 6) is 1.83. The van der Waals surface area contributed by atoms with E-state index in [2.05, 4.69) is 20.1 Å². The molecule has 2 aliphatic rings. The molecule has 0 aromatic carbocycles. The Bertz CT molecular complexity index is 490. The monoisotopic (exact) mass is 333 g/mol. The predicted molar refractivity (Wildman–Crippen MR) is 97.7 cm³/mol. The fourth-order valence-electron chi connectivity index (χ4n) is 3.75. The summed E-state index contributed by atoms with van der Waals surface area (Å²) in [5, 5.41) is 3.46. The van der Waals surface area contributed by atoms with Gasteiger partial charge in [0.05, 0.1) is 6.61 Å². The van der Waals surface area contributed by atoms with Crippen LogP contribution in [-0.2, 0) is 4.74 Å². The van der Waals surface area contributed by atoms with Crippen LogP contribution in [0.5, 0.6) is 0 Å². The summed E-state index contributed by atoms with van der Waals surface area (Å²) in [4.78, 5) is 14.1. The van der Waals surface area contributed by atoms with E-state index in [1.165, 1.54) is 45.1 Å². The first-order chi connectivity index (χ1) is 11.9. The third-order valence-electron chi connectivity index (χ3n) is 5.15. The van der Waals surface area contributed by atoms with Crippen molar-refractivity contribution in [3.63, 3.8) is 0 Å². The zero-order chi connectivity index (χ0) is 16.6. The van der Waals surface area contributed by atoms with Gasteiger partial charge in [-0.3, -0.25) is 4.90 Å². The molecule has 2 fully saturated rings. The van der Waals surface area contributed by atoms with Crippen molar-refractivity contribution in [2.24, 2.45) is 0 Å². The van der Waals surface area contributed by atoms with E-state index >= 15 is 0 Å². The van der Waals surface area contributed by atoms with Crippen molar-refractivity contribution in [1.29, 1.82) is 0 Å². The Morgan fingerprint density at radius 3 is 2.79 bits per heavy atom. The molecule has 3 rings (SSSR count). The van der Waals surface area contributed by atoms with Crippen LogP contribution in [0, 0.1) is 0 Å². The number of hydrogen-bond acceptors (Lipinski definition) is 6. The molecule has 0 bridgehead atoms. The number of aromatic nitrogens is 2. The minimum Gasteiger partial charge on any atom is -0.383 e. The van der Waals surface area contributed by atoms with E-state index in [1.807, 2.05) is 12.3 Å². The molecule has 0 aliphatic carbocycles. The minimum absolute atomic E-state index is 0.561. The van der Waals surface area contributed by atoms with Crippen molar-refractivity contribution >= 4 is 11.8 Å². The Balaban J connectivity index is 1.54. The van der Waals surface area contributed by atoms with Gasteiger partial charge >= 0.3 is 0 Å². The van der Waals surface area contributed by atoms with Gasteiger partial charge in [0, 0.05) is 45.5 Å². The quantitative estimate of drug-likeness (QED) is 0.827. The van der Waals surface area contributed by atoms with Crippen molar-refractivity contribution in [1.82, 2.24) is 14.9 Å². The molecule has 0 amide bonds. The molecule has 0 spiro atoms. The average Bonchev–Trinajstić information content (AvgIpc) is 2.88. The van der Waals surface area contributed by atoms with E-state index < -0.39 is 0 Å². The predicted octanol–water partition coefficient (Wildman–Crippen LogP) is 2.38. The summed E-state index contributed by atoms with van der Waals surface area (Å²) in [6.07, 6.45) is 9.60. The number of rotatable bonds is 7. The van der Waals surface area contributed by atoms with Gasteiger partial charge in [0.25, 0.3) is 0 Å². The highest BCUT2D eigenvalue weighted by atomic mass is 16.5. The summed E-state index contributed by atoms with van der Waals surface area (Å²) >= 11 is 0. The van der Waals surface area contributed by atoms with E-state index in [-0.39, 0.29) is 0 Å². The summed E-state index contributed by atoms with van der Waals surface area (Å²) in [7, 11) is 1.77. The first-order valence-electron chi connectivity index (χ1n) is 9.41. The Hall–Kier alpha value is -1.40. The van der Waals surface area contributed by atoms with E-state index in [4.69, 9.17) is 9.72 Å². The third kappa shape index (κ3) is 4.80. The van der Waals surface area contributed by atoms with Gasteiger partial charge < -0.3 is 15.0 Å². The maximum atomic E-state index is 5.22. The van der Waals surface area contributed by atoms with Gasteiger partial charge in [-0.2, -0.15) is 4.98 Å². The number of nitrogens with zero attached hydrogens (tertiary/aromatic N) is 4. The van der Waals surface area contributed by atoms with E-state index in [9.17, 15) is 0 Å². The lowest BCUT2D eigenvalue weighted by molar-refractivity contribution is 0.143. The van der Waals surface area contributed by atoms with Gasteiger partial charge in [-0.1, -0.05) is 12.8 Å². The average molecular weight is 333 g/mol. The largest absolute Gasteiger partial charge is 0.383 e. The summed E-state index contributed by atoms with van der Waals surface area (Å²) in [6.45, 7) is 6.13. The molecular formula is C18H31N5O. The standard InChI is InChI=1S/C18H31N5O/c1-24-14-13-22-12-6-7-16(22)15-20-18-19-9-8-17(21-18)23-10-4-2-3-5-11-23/h8-9,16H,2-7,10-15H2,1H3,(H,19,20,21). The summed E-state index contributed by atoms with van der Waals surface area (Å²) < 4.78 is 5.22. The van der Waals surface area contributed by atoms with Crippen LogP contribution in [0.4, 0.5) is 11.8 Å².